The summed E-state index contributed by atoms with van der Waals surface area (Å²) < 4.78 is 8.19. The van der Waals surface area contributed by atoms with E-state index in [1.807, 2.05) is 38.2 Å². The molecule has 4 nitrogen and oxygen atoms in total. The van der Waals surface area contributed by atoms with E-state index in [1.165, 1.54) is 0 Å². The van der Waals surface area contributed by atoms with Gasteiger partial charge in [0.25, 0.3) is 0 Å². The highest BCUT2D eigenvalue weighted by Crippen LogP contribution is 2.22. The number of aromatic nitrogens is 2. The van der Waals surface area contributed by atoms with E-state index in [2.05, 4.69) is 21.0 Å². The molecule has 0 spiro atoms. The lowest BCUT2D eigenvalue weighted by molar-refractivity contribution is 0.242. The quantitative estimate of drug-likeness (QED) is 0.944. The minimum Gasteiger partial charge on any atom is -0.488 e. The SMILES string of the molecule is CC(C)Oc1cnn(-c2ccc(Br)cc2CO)c1. The van der Waals surface area contributed by atoms with Crippen molar-refractivity contribution in [2.45, 2.75) is 26.6 Å². The van der Waals surface area contributed by atoms with Crippen molar-refractivity contribution < 1.29 is 9.84 Å². The van der Waals surface area contributed by atoms with Crippen LogP contribution in [0, 0.1) is 0 Å². The zero-order valence-electron chi connectivity index (χ0n) is 10.3. The molecule has 1 heterocycles. The third-order valence-electron chi connectivity index (χ3n) is 2.39. The molecule has 0 amide bonds. The summed E-state index contributed by atoms with van der Waals surface area (Å²) >= 11 is 3.38. The molecule has 2 aromatic rings. The van der Waals surface area contributed by atoms with Crippen LogP contribution in [-0.4, -0.2) is 21.0 Å². The highest BCUT2D eigenvalue weighted by atomic mass is 79.9. The summed E-state index contributed by atoms with van der Waals surface area (Å²) in [6.07, 6.45) is 3.59. The summed E-state index contributed by atoms with van der Waals surface area (Å²) in [7, 11) is 0. The van der Waals surface area contributed by atoms with Crippen LogP contribution in [0.25, 0.3) is 5.69 Å². The van der Waals surface area contributed by atoms with Gasteiger partial charge >= 0.3 is 0 Å². The number of benzene rings is 1. The molecule has 0 unspecified atom stereocenters. The third-order valence-corrected chi connectivity index (χ3v) is 2.88. The number of aliphatic hydroxyl groups excluding tert-OH is 1. The molecule has 5 heteroatoms. The number of rotatable bonds is 4. The Kier molecular flexibility index (Phi) is 4.04. The van der Waals surface area contributed by atoms with Crippen molar-refractivity contribution in [1.82, 2.24) is 9.78 Å². The fourth-order valence-corrected chi connectivity index (χ4v) is 2.08. The van der Waals surface area contributed by atoms with Gasteiger partial charge in [0.15, 0.2) is 5.75 Å². The van der Waals surface area contributed by atoms with Gasteiger partial charge in [-0.3, -0.25) is 0 Å². The van der Waals surface area contributed by atoms with Crippen LogP contribution in [0.4, 0.5) is 0 Å². The second-order valence-electron chi connectivity index (χ2n) is 4.22. The largest absolute Gasteiger partial charge is 0.488 e. The second-order valence-corrected chi connectivity index (χ2v) is 5.13. The zero-order chi connectivity index (χ0) is 13.1. The van der Waals surface area contributed by atoms with Crippen molar-refractivity contribution in [3.8, 4) is 11.4 Å². The molecule has 0 aliphatic rings. The second kappa shape index (κ2) is 5.54. The van der Waals surface area contributed by atoms with E-state index in [-0.39, 0.29) is 12.7 Å². The molecule has 2 rings (SSSR count). The number of aliphatic hydroxyl groups is 1. The van der Waals surface area contributed by atoms with Crippen LogP contribution in [-0.2, 0) is 6.61 Å². The molecule has 1 N–H and O–H groups in total. The number of nitrogens with zero attached hydrogens (tertiary/aromatic N) is 2. The third kappa shape index (κ3) is 2.91. The lowest BCUT2D eigenvalue weighted by atomic mass is 10.2. The standard InChI is InChI=1S/C13H15BrN2O2/c1-9(2)18-12-6-15-16(7-12)13-4-3-11(14)5-10(13)8-17/h3-7,9,17H,8H2,1-2H3. The highest BCUT2D eigenvalue weighted by molar-refractivity contribution is 9.10. The van der Waals surface area contributed by atoms with Gasteiger partial charge in [-0.05, 0) is 32.0 Å². The molecule has 0 aliphatic carbocycles. The van der Waals surface area contributed by atoms with E-state index < -0.39 is 0 Å². The molecule has 96 valence electrons. The molecular formula is C13H15BrN2O2. The van der Waals surface area contributed by atoms with Gasteiger partial charge in [-0.2, -0.15) is 5.10 Å². The fourth-order valence-electron chi connectivity index (χ4n) is 1.68. The molecule has 1 aromatic carbocycles. The first-order valence-corrected chi connectivity index (χ1v) is 6.50. The van der Waals surface area contributed by atoms with Crippen LogP contribution in [0.15, 0.2) is 35.1 Å². The van der Waals surface area contributed by atoms with E-state index >= 15 is 0 Å². The lowest BCUT2D eigenvalue weighted by Gasteiger charge is -2.08. The minimum absolute atomic E-state index is 0.0327. The summed E-state index contributed by atoms with van der Waals surface area (Å²) in [4.78, 5) is 0. The number of ether oxygens (including phenoxy) is 1. The van der Waals surface area contributed by atoms with Crippen LogP contribution < -0.4 is 4.74 Å². The van der Waals surface area contributed by atoms with Gasteiger partial charge in [-0.1, -0.05) is 15.9 Å². The summed E-state index contributed by atoms with van der Waals surface area (Å²) in [5, 5.41) is 13.6. The van der Waals surface area contributed by atoms with E-state index in [9.17, 15) is 5.11 Å². The number of halogens is 1. The minimum atomic E-state index is -0.0327. The van der Waals surface area contributed by atoms with Gasteiger partial charge in [-0.25, -0.2) is 4.68 Å². The maximum Gasteiger partial charge on any atom is 0.158 e. The van der Waals surface area contributed by atoms with Crippen molar-refractivity contribution in [2.75, 3.05) is 0 Å². The van der Waals surface area contributed by atoms with Crippen molar-refractivity contribution in [2.24, 2.45) is 0 Å². The van der Waals surface area contributed by atoms with E-state index in [1.54, 1.807) is 10.9 Å². The summed E-state index contributed by atoms with van der Waals surface area (Å²) in [5.41, 5.74) is 1.66. The summed E-state index contributed by atoms with van der Waals surface area (Å²) in [6, 6.07) is 5.70. The molecule has 0 fully saturated rings. The molecule has 0 aliphatic heterocycles. The average Bonchev–Trinajstić information content (AvgIpc) is 2.76. The molecule has 1 aromatic heterocycles. The normalized spacial score (nSPS) is 10.9. The van der Waals surface area contributed by atoms with Crippen LogP contribution in [0.1, 0.15) is 19.4 Å². The van der Waals surface area contributed by atoms with Crippen LogP contribution in [0.5, 0.6) is 5.75 Å². The topological polar surface area (TPSA) is 47.3 Å². The molecule has 0 bridgehead atoms. The average molecular weight is 311 g/mol. The van der Waals surface area contributed by atoms with Gasteiger partial charge < -0.3 is 9.84 Å². The smallest absolute Gasteiger partial charge is 0.158 e. The van der Waals surface area contributed by atoms with Gasteiger partial charge in [0.1, 0.15) is 0 Å². The van der Waals surface area contributed by atoms with Crippen molar-refractivity contribution in [3.05, 3.63) is 40.6 Å². The highest BCUT2D eigenvalue weighted by Gasteiger charge is 2.08. The van der Waals surface area contributed by atoms with E-state index in [4.69, 9.17) is 4.74 Å². The van der Waals surface area contributed by atoms with Crippen molar-refractivity contribution >= 4 is 15.9 Å². The van der Waals surface area contributed by atoms with Crippen LogP contribution >= 0.6 is 15.9 Å². The molecule has 0 saturated carbocycles. The van der Waals surface area contributed by atoms with E-state index in [0.29, 0.717) is 0 Å². The van der Waals surface area contributed by atoms with Crippen molar-refractivity contribution in [3.63, 3.8) is 0 Å². The Hall–Kier alpha value is -1.33. The molecule has 0 atom stereocenters. The monoisotopic (exact) mass is 310 g/mol. The number of hydrogen-bond acceptors (Lipinski definition) is 3. The first kappa shape index (κ1) is 13.1. The van der Waals surface area contributed by atoms with Gasteiger partial charge in [0, 0.05) is 10.0 Å². The first-order valence-electron chi connectivity index (χ1n) is 5.71. The first-order chi connectivity index (χ1) is 8.60. The van der Waals surface area contributed by atoms with Gasteiger partial charge in [0.2, 0.25) is 0 Å². The van der Waals surface area contributed by atoms with Gasteiger partial charge in [-0.15, -0.1) is 0 Å². The van der Waals surface area contributed by atoms with Gasteiger partial charge in [0.05, 0.1) is 30.8 Å². The zero-order valence-corrected chi connectivity index (χ0v) is 11.9. The Labute approximate surface area is 114 Å². The Morgan fingerprint density at radius 1 is 1.44 bits per heavy atom. The Balaban J connectivity index is 2.33. The Bertz CT molecular complexity index is 538. The Morgan fingerprint density at radius 2 is 2.22 bits per heavy atom. The molecule has 0 saturated heterocycles. The predicted octanol–water partition coefficient (Wildman–Crippen LogP) is 2.91. The lowest BCUT2D eigenvalue weighted by Crippen LogP contribution is -2.04. The summed E-state index contributed by atoms with van der Waals surface area (Å²) in [5.74, 6) is 0.719. The predicted molar refractivity (Wildman–Crippen MR) is 73.0 cm³/mol. The molecular weight excluding hydrogens is 296 g/mol. The maximum absolute atomic E-state index is 9.36. The fraction of sp³-hybridized carbons (Fsp3) is 0.308. The van der Waals surface area contributed by atoms with Crippen LogP contribution in [0.2, 0.25) is 0 Å². The van der Waals surface area contributed by atoms with E-state index in [0.717, 1.165) is 21.5 Å². The number of hydrogen-bond donors (Lipinski definition) is 1. The molecule has 18 heavy (non-hydrogen) atoms. The van der Waals surface area contributed by atoms with Crippen molar-refractivity contribution in [1.29, 1.82) is 0 Å². The molecule has 0 radical (unpaired) electrons. The Morgan fingerprint density at radius 3 is 2.89 bits per heavy atom. The van der Waals surface area contributed by atoms with Crippen LogP contribution in [0.3, 0.4) is 0 Å². The summed E-state index contributed by atoms with van der Waals surface area (Å²) in [6.45, 7) is 3.90. The maximum atomic E-state index is 9.36.